The molecule has 0 spiro atoms. The van der Waals surface area contributed by atoms with Gasteiger partial charge in [-0.05, 0) is 37.3 Å². The molecule has 0 radical (unpaired) electrons. The van der Waals surface area contributed by atoms with Crippen LogP contribution in [0.2, 0.25) is 0 Å². The molecule has 0 fully saturated rings. The van der Waals surface area contributed by atoms with Crippen LogP contribution in [-0.4, -0.2) is 15.4 Å². The number of benzene rings is 2. The van der Waals surface area contributed by atoms with Crippen molar-refractivity contribution in [3.63, 3.8) is 0 Å². The van der Waals surface area contributed by atoms with E-state index in [1.807, 2.05) is 11.5 Å². The Labute approximate surface area is 160 Å². The van der Waals surface area contributed by atoms with Crippen molar-refractivity contribution in [2.24, 2.45) is 4.99 Å². The van der Waals surface area contributed by atoms with E-state index in [0.29, 0.717) is 21.6 Å². The van der Waals surface area contributed by atoms with Crippen LogP contribution < -0.4 is 4.80 Å². The maximum Gasteiger partial charge on any atom is 0.289 e. The smallest absolute Gasteiger partial charge is 0.289 e. The maximum atomic E-state index is 13.5. The average Bonchev–Trinajstić information content (AvgIpc) is 3.21. The number of halogens is 1. The predicted molar refractivity (Wildman–Crippen MR) is 104 cm³/mol. The highest BCUT2D eigenvalue weighted by atomic mass is 32.1. The van der Waals surface area contributed by atoms with Crippen LogP contribution in [-0.2, 0) is 6.54 Å². The van der Waals surface area contributed by atoms with Crippen molar-refractivity contribution in [2.45, 2.75) is 13.5 Å². The van der Waals surface area contributed by atoms with E-state index in [1.54, 1.807) is 18.2 Å². The molecule has 136 valence electrons. The molecule has 0 aliphatic carbocycles. The average molecular weight is 401 g/mol. The standard InChI is InChI=1S/C18H12FN3O3S2/c1-2-21-13-5-3-11(19)9-15(13)27-18(21)20-17(23)16-8-10-7-12(22(24)25)4-6-14(10)26-16/h3-9H,2H2,1H3. The lowest BCUT2D eigenvalue weighted by Crippen LogP contribution is -2.15. The lowest BCUT2D eigenvalue weighted by atomic mass is 10.2. The fraction of sp³-hybridized carbons (Fsp3) is 0.111. The Hall–Kier alpha value is -2.91. The molecular weight excluding hydrogens is 389 g/mol. The summed E-state index contributed by atoms with van der Waals surface area (Å²) in [6.45, 7) is 2.52. The van der Waals surface area contributed by atoms with Crippen LogP contribution in [0.1, 0.15) is 16.6 Å². The number of aromatic nitrogens is 1. The maximum absolute atomic E-state index is 13.5. The zero-order chi connectivity index (χ0) is 19.1. The Morgan fingerprint density at radius 2 is 2.00 bits per heavy atom. The van der Waals surface area contributed by atoms with Crippen LogP contribution in [0.5, 0.6) is 0 Å². The van der Waals surface area contributed by atoms with Crippen molar-refractivity contribution in [3.8, 4) is 0 Å². The molecule has 0 aliphatic heterocycles. The summed E-state index contributed by atoms with van der Waals surface area (Å²) >= 11 is 2.49. The molecule has 4 rings (SSSR count). The number of thiophene rings is 1. The van der Waals surface area contributed by atoms with Crippen LogP contribution >= 0.6 is 22.7 Å². The quantitative estimate of drug-likeness (QED) is 0.368. The molecule has 1 amide bonds. The topological polar surface area (TPSA) is 77.5 Å². The summed E-state index contributed by atoms with van der Waals surface area (Å²) < 4.78 is 16.8. The van der Waals surface area contributed by atoms with E-state index in [-0.39, 0.29) is 11.5 Å². The summed E-state index contributed by atoms with van der Waals surface area (Å²) in [4.78, 5) is 28.2. The number of thiazole rings is 1. The minimum atomic E-state index is -0.469. The molecule has 0 atom stereocenters. The van der Waals surface area contributed by atoms with E-state index in [2.05, 4.69) is 4.99 Å². The summed E-state index contributed by atoms with van der Waals surface area (Å²) in [7, 11) is 0. The Morgan fingerprint density at radius 1 is 1.19 bits per heavy atom. The van der Waals surface area contributed by atoms with Gasteiger partial charge in [-0.2, -0.15) is 4.99 Å². The lowest BCUT2D eigenvalue weighted by Gasteiger charge is -1.99. The second-order valence-electron chi connectivity index (χ2n) is 5.75. The fourth-order valence-electron chi connectivity index (χ4n) is 2.83. The van der Waals surface area contributed by atoms with E-state index >= 15 is 0 Å². The molecule has 0 aliphatic rings. The van der Waals surface area contributed by atoms with E-state index in [1.165, 1.54) is 46.9 Å². The summed E-state index contributed by atoms with van der Waals surface area (Å²) in [5.41, 5.74) is 0.800. The van der Waals surface area contributed by atoms with Gasteiger partial charge >= 0.3 is 0 Å². The van der Waals surface area contributed by atoms with Gasteiger partial charge < -0.3 is 4.57 Å². The van der Waals surface area contributed by atoms with Crippen molar-refractivity contribution in [1.29, 1.82) is 0 Å². The fourth-order valence-corrected chi connectivity index (χ4v) is 4.87. The molecule has 0 saturated carbocycles. The highest BCUT2D eigenvalue weighted by Gasteiger charge is 2.14. The number of carbonyl (C=O) groups excluding carboxylic acids is 1. The zero-order valence-corrected chi connectivity index (χ0v) is 15.6. The minimum absolute atomic E-state index is 0.0217. The Bertz CT molecular complexity index is 1290. The first-order valence-electron chi connectivity index (χ1n) is 8.02. The Morgan fingerprint density at radius 3 is 2.74 bits per heavy atom. The van der Waals surface area contributed by atoms with Gasteiger partial charge in [-0.1, -0.05) is 11.3 Å². The first-order valence-corrected chi connectivity index (χ1v) is 9.65. The summed E-state index contributed by atoms with van der Waals surface area (Å²) in [5.74, 6) is -0.760. The Kier molecular flexibility index (Phi) is 4.33. The summed E-state index contributed by atoms with van der Waals surface area (Å²) in [6, 6.07) is 10.6. The van der Waals surface area contributed by atoms with Crippen molar-refractivity contribution >= 4 is 54.6 Å². The number of hydrogen-bond donors (Lipinski definition) is 0. The molecule has 0 bridgehead atoms. The van der Waals surface area contributed by atoms with E-state index in [9.17, 15) is 19.3 Å². The van der Waals surface area contributed by atoms with Gasteiger partial charge in [-0.25, -0.2) is 4.39 Å². The number of fused-ring (bicyclic) bond motifs is 2. The number of nitrogens with zero attached hydrogens (tertiary/aromatic N) is 3. The van der Waals surface area contributed by atoms with Gasteiger partial charge in [0.15, 0.2) is 4.80 Å². The third-order valence-electron chi connectivity index (χ3n) is 4.08. The summed E-state index contributed by atoms with van der Waals surface area (Å²) in [6.07, 6.45) is 0. The van der Waals surface area contributed by atoms with Crippen molar-refractivity contribution in [1.82, 2.24) is 4.57 Å². The molecule has 2 aromatic heterocycles. The second-order valence-corrected chi connectivity index (χ2v) is 7.84. The van der Waals surface area contributed by atoms with Gasteiger partial charge in [0, 0.05) is 28.8 Å². The van der Waals surface area contributed by atoms with E-state index in [0.717, 1.165) is 14.9 Å². The highest BCUT2D eigenvalue weighted by molar-refractivity contribution is 7.21. The summed E-state index contributed by atoms with van der Waals surface area (Å²) in [5, 5.41) is 11.5. The van der Waals surface area contributed by atoms with Crippen LogP contribution in [0.3, 0.4) is 0 Å². The van der Waals surface area contributed by atoms with Crippen LogP contribution in [0.4, 0.5) is 10.1 Å². The molecule has 0 unspecified atom stereocenters. The molecular formula is C18H12FN3O3S2. The second kappa shape index (κ2) is 6.67. The van der Waals surface area contributed by atoms with E-state index in [4.69, 9.17) is 0 Å². The molecule has 6 nitrogen and oxygen atoms in total. The molecule has 27 heavy (non-hydrogen) atoms. The van der Waals surface area contributed by atoms with Crippen LogP contribution in [0.25, 0.3) is 20.3 Å². The van der Waals surface area contributed by atoms with Gasteiger partial charge in [0.25, 0.3) is 11.6 Å². The number of nitro benzene ring substituents is 1. The lowest BCUT2D eigenvalue weighted by molar-refractivity contribution is -0.384. The normalized spacial score (nSPS) is 12.1. The third kappa shape index (κ3) is 3.15. The largest absolute Gasteiger partial charge is 0.317 e. The number of amides is 1. The SMILES string of the molecule is CCn1c(=NC(=O)c2cc3cc([N+](=O)[O-])ccc3s2)sc2cc(F)ccc21. The molecule has 9 heteroatoms. The Balaban J connectivity index is 1.80. The highest BCUT2D eigenvalue weighted by Crippen LogP contribution is 2.29. The van der Waals surface area contributed by atoms with Gasteiger partial charge in [-0.15, -0.1) is 11.3 Å². The van der Waals surface area contributed by atoms with Crippen molar-refractivity contribution in [2.75, 3.05) is 0 Å². The number of aryl methyl sites for hydroxylation is 1. The van der Waals surface area contributed by atoms with Crippen LogP contribution in [0, 0.1) is 15.9 Å². The number of nitro groups is 1. The van der Waals surface area contributed by atoms with Gasteiger partial charge in [0.1, 0.15) is 5.82 Å². The molecule has 2 aromatic carbocycles. The van der Waals surface area contributed by atoms with Gasteiger partial charge in [0.2, 0.25) is 0 Å². The third-order valence-corrected chi connectivity index (χ3v) is 6.22. The number of hydrogen-bond acceptors (Lipinski definition) is 5. The number of carbonyl (C=O) groups is 1. The first-order chi connectivity index (χ1) is 13.0. The zero-order valence-electron chi connectivity index (χ0n) is 14.0. The van der Waals surface area contributed by atoms with Crippen molar-refractivity contribution < 1.29 is 14.1 Å². The minimum Gasteiger partial charge on any atom is -0.317 e. The predicted octanol–water partition coefficient (Wildman–Crippen LogP) is 4.73. The molecule has 2 heterocycles. The van der Waals surface area contributed by atoms with Crippen LogP contribution in [0.15, 0.2) is 47.5 Å². The van der Waals surface area contributed by atoms with Gasteiger partial charge in [-0.3, -0.25) is 14.9 Å². The monoisotopic (exact) mass is 401 g/mol. The first kappa shape index (κ1) is 17.5. The molecule has 0 N–H and O–H groups in total. The molecule has 4 aromatic rings. The molecule has 0 saturated heterocycles. The van der Waals surface area contributed by atoms with Crippen molar-refractivity contribution in [3.05, 3.63) is 68.1 Å². The van der Waals surface area contributed by atoms with Gasteiger partial charge in [0.05, 0.1) is 20.0 Å². The number of non-ortho nitro benzene ring substituents is 1. The van der Waals surface area contributed by atoms with E-state index < -0.39 is 10.8 Å². The number of rotatable bonds is 3.